The molecule has 0 unspecified atom stereocenters. The van der Waals surface area contributed by atoms with Crippen LogP contribution in [-0.4, -0.2) is 35.0 Å². The Hall–Kier alpha value is -0.830. The molecular formula is C14H19BrIN5. The van der Waals surface area contributed by atoms with Gasteiger partial charge in [0.25, 0.3) is 0 Å². The van der Waals surface area contributed by atoms with Gasteiger partial charge in [0.1, 0.15) is 5.65 Å². The van der Waals surface area contributed by atoms with Gasteiger partial charge >= 0.3 is 0 Å². The van der Waals surface area contributed by atoms with E-state index >= 15 is 0 Å². The van der Waals surface area contributed by atoms with Crippen molar-refractivity contribution in [3.05, 3.63) is 34.2 Å². The number of guanidine groups is 1. The number of aryl methyl sites for hydroxylation is 1. The molecule has 0 fully saturated rings. The molecule has 0 spiro atoms. The van der Waals surface area contributed by atoms with E-state index in [-0.39, 0.29) is 24.0 Å². The van der Waals surface area contributed by atoms with E-state index < -0.39 is 0 Å². The van der Waals surface area contributed by atoms with E-state index in [1.165, 1.54) is 5.56 Å². The Bertz CT molecular complexity index is 652. The minimum Gasteiger partial charge on any atom is -0.356 e. The number of hydrogen-bond acceptors (Lipinski definition) is 4. The molecule has 2 aromatic heterocycles. The Morgan fingerprint density at radius 2 is 2.29 bits per heavy atom. The number of aromatic nitrogens is 2. The van der Waals surface area contributed by atoms with Gasteiger partial charge in [-0.05, 0) is 40.9 Å². The summed E-state index contributed by atoms with van der Waals surface area (Å²) in [5, 5.41) is 6.58. The van der Waals surface area contributed by atoms with Crippen LogP contribution in [0.25, 0.3) is 5.65 Å². The molecule has 0 amide bonds. The second-order valence-corrected chi connectivity index (χ2v) is 5.91. The number of nitrogens with zero attached hydrogens (tertiary/aromatic N) is 3. The van der Waals surface area contributed by atoms with E-state index in [2.05, 4.69) is 60.1 Å². The minimum atomic E-state index is 0. The van der Waals surface area contributed by atoms with E-state index in [1.807, 2.05) is 6.20 Å². The average molecular weight is 464 g/mol. The van der Waals surface area contributed by atoms with Crippen molar-refractivity contribution in [2.75, 3.05) is 19.6 Å². The van der Waals surface area contributed by atoms with E-state index in [4.69, 9.17) is 0 Å². The van der Waals surface area contributed by atoms with Crippen LogP contribution in [0.15, 0.2) is 27.9 Å². The molecule has 0 bridgehead atoms. The highest BCUT2D eigenvalue weighted by atomic mass is 127. The minimum absolute atomic E-state index is 0. The number of nitrogens with one attached hydrogen (secondary N) is 2. The van der Waals surface area contributed by atoms with Gasteiger partial charge < -0.3 is 15.0 Å². The van der Waals surface area contributed by atoms with Gasteiger partial charge in [-0.2, -0.15) is 0 Å². The van der Waals surface area contributed by atoms with Crippen LogP contribution in [0, 0.1) is 6.92 Å². The van der Waals surface area contributed by atoms with Crippen molar-refractivity contribution in [3.8, 4) is 0 Å². The van der Waals surface area contributed by atoms with Crippen LogP contribution in [-0.2, 0) is 6.42 Å². The third-order valence-corrected chi connectivity index (χ3v) is 3.76. The highest BCUT2D eigenvalue weighted by Gasteiger charge is 2.06. The van der Waals surface area contributed by atoms with Gasteiger partial charge in [0.2, 0.25) is 0 Å². The predicted molar refractivity (Wildman–Crippen MR) is 99.7 cm³/mol. The summed E-state index contributed by atoms with van der Waals surface area (Å²) in [5.74, 6) is 0.916. The van der Waals surface area contributed by atoms with E-state index in [0.29, 0.717) is 0 Å². The zero-order chi connectivity index (χ0) is 13.9. The normalized spacial score (nSPS) is 14.3. The molecule has 0 aliphatic carbocycles. The van der Waals surface area contributed by atoms with Crippen molar-refractivity contribution >= 4 is 51.5 Å². The Kier molecular flexibility index (Phi) is 5.86. The van der Waals surface area contributed by atoms with Crippen molar-refractivity contribution in [2.45, 2.75) is 19.8 Å². The second kappa shape index (κ2) is 7.44. The number of pyridine rings is 1. The molecule has 0 atom stereocenters. The number of imidazole rings is 1. The summed E-state index contributed by atoms with van der Waals surface area (Å²) in [4.78, 5) is 9.07. The molecule has 0 saturated carbocycles. The monoisotopic (exact) mass is 463 g/mol. The molecule has 21 heavy (non-hydrogen) atoms. The van der Waals surface area contributed by atoms with E-state index in [0.717, 1.165) is 54.2 Å². The molecule has 0 aromatic carbocycles. The largest absolute Gasteiger partial charge is 0.356 e. The third kappa shape index (κ3) is 4.09. The highest BCUT2D eigenvalue weighted by molar-refractivity contribution is 14.0. The average Bonchev–Trinajstić information content (AvgIpc) is 2.83. The number of fused-ring (bicyclic) bond motifs is 1. The van der Waals surface area contributed by atoms with Crippen molar-refractivity contribution in [3.63, 3.8) is 0 Å². The fourth-order valence-electron chi connectivity index (χ4n) is 2.36. The third-order valence-electron chi connectivity index (χ3n) is 3.32. The van der Waals surface area contributed by atoms with E-state index in [9.17, 15) is 0 Å². The summed E-state index contributed by atoms with van der Waals surface area (Å²) in [6.45, 7) is 4.84. The first-order chi connectivity index (χ1) is 9.72. The summed E-state index contributed by atoms with van der Waals surface area (Å²) in [6, 6.07) is 2.09. The fraction of sp³-hybridized carbons (Fsp3) is 0.429. The van der Waals surface area contributed by atoms with Crippen LogP contribution in [0.5, 0.6) is 0 Å². The maximum Gasteiger partial charge on any atom is 0.191 e. The van der Waals surface area contributed by atoms with Gasteiger partial charge in [-0.1, -0.05) is 0 Å². The van der Waals surface area contributed by atoms with Crippen molar-refractivity contribution in [1.82, 2.24) is 20.0 Å². The lowest BCUT2D eigenvalue weighted by atomic mass is 10.3. The molecule has 1 aliphatic heterocycles. The maximum atomic E-state index is 4.68. The molecule has 2 N–H and O–H groups in total. The van der Waals surface area contributed by atoms with Crippen LogP contribution >= 0.6 is 39.9 Å². The van der Waals surface area contributed by atoms with E-state index in [1.54, 1.807) is 0 Å². The SMILES string of the molecule is Cc1cc(Br)cn2cc(CCNC3=NCCCN3)nc12.I. The highest BCUT2D eigenvalue weighted by Crippen LogP contribution is 2.17. The predicted octanol–water partition coefficient (Wildman–Crippen LogP) is 2.50. The lowest BCUT2D eigenvalue weighted by Crippen LogP contribution is -2.41. The molecule has 0 saturated heterocycles. The first kappa shape index (κ1) is 16.5. The van der Waals surface area contributed by atoms with Gasteiger partial charge in [0.15, 0.2) is 5.96 Å². The number of hydrogen-bond donors (Lipinski definition) is 2. The van der Waals surface area contributed by atoms with Gasteiger partial charge in [-0.15, -0.1) is 24.0 Å². The number of aliphatic imine (C=N–C) groups is 1. The lowest BCUT2D eigenvalue weighted by Gasteiger charge is -2.15. The second-order valence-electron chi connectivity index (χ2n) is 4.99. The molecule has 5 nitrogen and oxygen atoms in total. The standard InChI is InChI=1S/C14H18BrN5.HI/c1-10-7-11(15)8-20-9-12(19-13(10)20)3-6-18-14-16-4-2-5-17-14;/h7-9H,2-6H2,1H3,(H2,16,17,18);1H. The van der Waals surface area contributed by atoms with Gasteiger partial charge in [-0.3, -0.25) is 4.99 Å². The molecule has 114 valence electrons. The zero-order valence-corrected chi connectivity index (χ0v) is 15.8. The van der Waals surface area contributed by atoms with Crippen molar-refractivity contribution < 1.29 is 0 Å². The Morgan fingerprint density at radius 3 is 3.05 bits per heavy atom. The smallest absolute Gasteiger partial charge is 0.191 e. The molecular weight excluding hydrogens is 445 g/mol. The summed E-state index contributed by atoms with van der Waals surface area (Å²) in [6.07, 6.45) is 6.13. The van der Waals surface area contributed by atoms with Crippen LogP contribution in [0.1, 0.15) is 17.7 Å². The van der Waals surface area contributed by atoms with Crippen LogP contribution in [0.2, 0.25) is 0 Å². The van der Waals surface area contributed by atoms with Crippen LogP contribution < -0.4 is 10.6 Å². The molecule has 3 heterocycles. The quantitative estimate of drug-likeness (QED) is 0.687. The molecule has 7 heteroatoms. The Morgan fingerprint density at radius 1 is 1.43 bits per heavy atom. The first-order valence-corrected chi connectivity index (χ1v) is 7.67. The van der Waals surface area contributed by atoms with Gasteiger partial charge in [0.05, 0.1) is 5.69 Å². The molecule has 2 aromatic rings. The molecule has 3 rings (SSSR count). The van der Waals surface area contributed by atoms with Crippen molar-refractivity contribution in [2.24, 2.45) is 4.99 Å². The first-order valence-electron chi connectivity index (χ1n) is 6.88. The summed E-state index contributed by atoms with van der Waals surface area (Å²) in [7, 11) is 0. The number of rotatable bonds is 3. The molecule has 0 radical (unpaired) electrons. The molecule has 1 aliphatic rings. The lowest BCUT2D eigenvalue weighted by molar-refractivity contribution is 0.698. The van der Waals surface area contributed by atoms with Crippen LogP contribution in [0.4, 0.5) is 0 Å². The zero-order valence-electron chi connectivity index (χ0n) is 11.9. The van der Waals surface area contributed by atoms with Gasteiger partial charge in [-0.25, -0.2) is 4.98 Å². The Balaban J connectivity index is 0.00000161. The van der Waals surface area contributed by atoms with Crippen molar-refractivity contribution in [1.29, 1.82) is 0 Å². The van der Waals surface area contributed by atoms with Gasteiger partial charge in [0, 0.05) is 42.9 Å². The topological polar surface area (TPSA) is 53.7 Å². The fourth-order valence-corrected chi connectivity index (χ4v) is 2.92. The summed E-state index contributed by atoms with van der Waals surface area (Å²) >= 11 is 3.51. The Labute approximate surface area is 149 Å². The maximum absolute atomic E-state index is 4.68. The summed E-state index contributed by atoms with van der Waals surface area (Å²) in [5.41, 5.74) is 3.29. The summed E-state index contributed by atoms with van der Waals surface area (Å²) < 4.78 is 3.15. The number of halogens is 2. The van der Waals surface area contributed by atoms with Crippen LogP contribution in [0.3, 0.4) is 0 Å².